The molecule has 0 aliphatic carbocycles. The summed E-state index contributed by atoms with van der Waals surface area (Å²) in [5.41, 5.74) is 0.531. The topological polar surface area (TPSA) is 17.1 Å². The van der Waals surface area contributed by atoms with Crippen LogP contribution in [0.1, 0.15) is 15.2 Å². The normalized spacial score (nSPS) is 11.1. The van der Waals surface area contributed by atoms with Crippen molar-refractivity contribution < 1.29 is 9.18 Å². The van der Waals surface area contributed by atoms with E-state index in [2.05, 4.69) is 0 Å². The highest BCUT2D eigenvalue weighted by Crippen LogP contribution is 2.31. The molecule has 3 aromatic rings. The first-order valence-electron chi connectivity index (χ1n) is 5.58. The van der Waals surface area contributed by atoms with Gasteiger partial charge in [0.05, 0.1) is 9.90 Å². The lowest BCUT2D eigenvalue weighted by molar-refractivity contribution is 0.0997. The molecule has 0 aliphatic rings. The Morgan fingerprint density at radius 3 is 2.89 bits per heavy atom. The first kappa shape index (κ1) is 12.8. The molecule has 5 heteroatoms. The standard InChI is InChI=1S/C14H8ClFOS2/c15-14-8(2-1-3-9(14)16)6-10(17)12-7-13-11(19-12)4-5-18-13/h1-5,7H,6H2. The fourth-order valence-electron chi connectivity index (χ4n) is 1.85. The molecule has 0 fully saturated rings. The second-order valence-electron chi connectivity index (χ2n) is 4.07. The predicted molar refractivity (Wildman–Crippen MR) is 79.1 cm³/mol. The van der Waals surface area contributed by atoms with Gasteiger partial charge >= 0.3 is 0 Å². The van der Waals surface area contributed by atoms with E-state index >= 15 is 0 Å². The van der Waals surface area contributed by atoms with Crippen molar-refractivity contribution in [2.45, 2.75) is 6.42 Å². The lowest BCUT2D eigenvalue weighted by Crippen LogP contribution is -2.02. The predicted octanol–water partition coefficient (Wildman–Crippen LogP) is 5.18. The lowest BCUT2D eigenvalue weighted by atomic mass is 10.1. The largest absolute Gasteiger partial charge is 0.293 e. The summed E-state index contributed by atoms with van der Waals surface area (Å²) >= 11 is 8.94. The minimum atomic E-state index is -0.487. The number of fused-ring (bicyclic) bond motifs is 1. The zero-order valence-electron chi connectivity index (χ0n) is 9.65. The van der Waals surface area contributed by atoms with E-state index in [1.165, 1.54) is 17.4 Å². The van der Waals surface area contributed by atoms with Crippen molar-refractivity contribution in [1.82, 2.24) is 0 Å². The highest BCUT2D eigenvalue weighted by Gasteiger charge is 2.14. The first-order chi connectivity index (χ1) is 9.15. The zero-order chi connectivity index (χ0) is 13.4. The van der Waals surface area contributed by atoms with Gasteiger partial charge in [-0.25, -0.2) is 4.39 Å². The SMILES string of the molecule is O=C(Cc1cccc(F)c1Cl)c1cc2sccc2s1. The van der Waals surface area contributed by atoms with Gasteiger partial charge in [0, 0.05) is 15.8 Å². The number of thiophene rings is 2. The molecule has 0 atom stereocenters. The highest BCUT2D eigenvalue weighted by atomic mass is 35.5. The number of halogens is 2. The molecule has 2 aromatic heterocycles. The maximum Gasteiger partial charge on any atom is 0.177 e. The molecule has 0 saturated carbocycles. The van der Waals surface area contributed by atoms with Crippen LogP contribution in [0.4, 0.5) is 4.39 Å². The highest BCUT2D eigenvalue weighted by molar-refractivity contribution is 7.27. The fourth-order valence-corrected chi connectivity index (χ4v) is 4.09. The number of rotatable bonds is 3. The molecular weight excluding hydrogens is 303 g/mol. The number of carbonyl (C=O) groups excluding carboxylic acids is 1. The monoisotopic (exact) mass is 310 g/mol. The molecule has 0 N–H and O–H groups in total. The Labute approximate surface area is 122 Å². The van der Waals surface area contributed by atoms with Crippen LogP contribution in [0, 0.1) is 5.82 Å². The third-order valence-electron chi connectivity index (χ3n) is 2.80. The van der Waals surface area contributed by atoms with E-state index in [1.54, 1.807) is 23.5 Å². The quantitative estimate of drug-likeness (QED) is 0.609. The summed E-state index contributed by atoms with van der Waals surface area (Å²) in [5, 5.41) is 2.04. The zero-order valence-corrected chi connectivity index (χ0v) is 12.0. The van der Waals surface area contributed by atoms with E-state index < -0.39 is 5.82 Å². The van der Waals surface area contributed by atoms with Crippen molar-refractivity contribution >= 4 is 49.5 Å². The summed E-state index contributed by atoms with van der Waals surface area (Å²) in [7, 11) is 0. The summed E-state index contributed by atoms with van der Waals surface area (Å²) in [6.07, 6.45) is 0.129. The first-order valence-corrected chi connectivity index (χ1v) is 7.65. The van der Waals surface area contributed by atoms with Crippen LogP contribution in [0.5, 0.6) is 0 Å². The Morgan fingerprint density at radius 1 is 1.26 bits per heavy atom. The second kappa shape index (κ2) is 5.04. The minimum absolute atomic E-state index is 0.0269. The molecule has 3 rings (SSSR count). The molecule has 0 amide bonds. The summed E-state index contributed by atoms with van der Waals surface area (Å²) in [4.78, 5) is 12.9. The molecule has 1 nitrogen and oxygen atoms in total. The molecule has 2 heterocycles. The maximum atomic E-state index is 13.3. The molecule has 0 bridgehead atoms. The van der Waals surface area contributed by atoms with Gasteiger partial charge in [-0.3, -0.25) is 4.79 Å². The number of ketones is 1. The Morgan fingerprint density at radius 2 is 2.11 bits per heavy atom. The van der Waals surface area contributed by atoms with Gasteiger partial charge in [-0.1, -0.05) is 23.7 Å². The average Bonchev–Trinajstić information content (AvgIpc) is 2.95. The van der Waals surface area contributed by atoms with Gasteiger partial charge in [-0.2, -0.15) is 0 Å². The number of hydrogen-bond acceptors (Lipinski definition) is 3. The van der Waals surface area contributed by atoms with Crippen molar-refractivity contribution in [3.05, 3.63) is 57.0 Å². The van der Waals surface area contributed by atoms with Crippen LogP contribution in [0.3, 0.4) is 0 Å². The van der Waals surface area contributed by atoms with Crippen LogP contribution in [0.25, 0.3) is 9.40 Å². The lowest BCUT2D eigenvalue weighted by Gasteiger charge is -2.03. The van der Waals surface area contributed by atoms with Crippen molar-refractivity contribution in [2.24, 2.45) is 0 Å². The van der Waals surface area contributed by atoms with E-state index in [9.17, 15) is 9.18 Å². The van der Waals surface area contributed by atoms with E-state index in [4.69, 9.17) is 11.6 Å². The summed E-state index contributed by atoms with van der Waals surface area (Å²) in [6, 6.07) is 8.42. The molecule has 0 saturated heterocycles. The van der Waals surface area contributed by atoms with E-state index in [0.717, 1.165) is 9.40 Å². The Balaban J connectivity index is 1.89. The van der Waals surface area contributed by atoms with Gasteiger partial charge in [-0.05, 0) is 29.1 Å². The van der Waals surface area contributed by atoms with Crippen molar-refractivity contribution in [2.75, 3.05) is 0 Å². The van der Waals surface area contributed by atoms with Gasteiger partial charge in [0.2, 0.25) is 0 Å². The van der Waals surface area contributed by atoms with Crippen LogP contribution in [0.15, 0.2) is 35.7 Å². The number of hydrogen-bond donors (Lipinski definition) is 0. The molecule has 0 spiro atoms. The van der Waals surface area contributed by atoms with Crippen molar-refractivity contribution in [3.63, 3.8) is 0 Å². The van der Waals surface area contributed by atoms with Gasteiger partial charge in [-0.15, -0.1) is 22.7 Å². The van der Waals surface area contributed by atoms with Crippen LogP contribution >= 0.6 is 34.3 Å². The van der Waals surface area contributed by atoms with Crippen molar-refractivity contribution in [3.8, 4) is 0 Å². The summed E-state index contributed by atoms with van der Waals surface area (Å²) in [5.74, 6) is -0.514. The Hall–Kier alpha value is -1.23. The molecule has 96 valence electrons. The molecule has 19 heavy (non-hydrogen) atoms. The maximum absolute atomic E-state index is 13.3. The van der Waals surface area contributed by atoms with Gasteiger partial charge < -0.3 is 0 Å². The summed E-state index contributed by atoms with van der Waals surface area (Å²) < 4.78 is 15.5. The van der Waals surface area contributed by atoms with Gasteiger partial charge in [0.25, 0.3) is 0 Å². The number of carbonyl (C=O) groups is 1. The molecule has 0 aliphatic heterocycles. The van der Waals surface area contributed by atoms with E-state index in [1.807, 2.05) is 17.5 Å². The van der Waals surface area contributed by atoms with Crippen LogP contribution in [-0.4, -0.2) is 5.78 Å². The van der Waals surface area contributed by atoms with Gasteiger partial charge in [0.15, 0.2) is 5.78 Å². The molecule has 1 aromatic carbocycles. The second-order valence-corrected chi connectivity index (χ2v) is 6.48. The van der Waals surface area contributed by atoms with Gasteiger partial charge in [0.1, 0.15) is 5.82 Å². The smallest absolute Gasteiger partial charge is 0.177 e. The molecule has 0 radical (unpaired) electrons. The number of benzene rings is 1. The van der Waals surface area contributed by atoms with E-state index in [0.29, 0.717) is 10.4 Å². The number of Topliss-reactive ketones (excluding diaryl/α,β-unsaturated/α-hetero) is 1. The average molecular weight is 311 g/mol. The van der Waals surface area contributed by atoms with E-state index in [-0.39, 0.29) is 17.2 Å². The Kier molecular flexibility index (Phi) is 3.39. The van der Waals surface area contributed by atoms with Crippen LogP contribution in [-0.2, 0) is 6.42 Å². The molecule has 0 unspecified atom stereocenters. The van der Waals surface area contributed by atoms with Crippen LogP contribution in [0.2, 0.25) is 5.02 Å². The van der Waals surface area contributed by atoms with Crippen LogP contribution < -0.4 is 0 Å². The Bertz CT molecular complexity index is 731. The van der Waals surface area contributed by atoms with Crippen molar-refractivity contribution in [1.29, 1.82) is 0 Å². The molecular formula is C14H8ClFOS2. The third-order valence-corrected chi connectivity index (χ3v) is 5.35. The third kappa shape index (κ3) is 2.43. The minimum Gasteiger partial charge on any atom is -0.293 e. The summed E-state index contributed by atoms with van der Waals surface area (Å²) in [6.45, 7) is 0. The fraction of sp³-hybridized carbons (Fsp3) is 0.0714.